The maximum atomic E-state index is 10.7. The molecule has 1 amide bonds. The summed E-state index contributed by atoms with van der Waals surface area (Å²) in [6, 6.07) is -0.130. The number of nitrogens with two attached hydrogens (primary N) is 3. The van der Waals surface area contributed by atoms with Gasteiger partial charge in [0.2, 0.25) is 5.91 Å². The molecular formula is C7H16IN3O. The number of hydrogen-bond acceptors (Lipinski definition) is 3. The van der Waals surface area contributed by atoms with Crippen LogP contribution in [0.15, 0.2) is 0 Å². The van der Waals surface area contributed by atoms with Crippen LogP contribution in [0.4, 0.5) is 0 Å². The van der Waals surface area contributed by atoms with E-state index in [1.54, 1.807) is 0 Å². The molecule has 0 fully saturated rings. The molecule has 0 aliphatic heterocycles. The molecule has 0 heterocycles. The van der Waals surface area contributed by atoms with Crippen molar-refractivity contribution in [3.05, 3.63) is 0 Å². The van der Waals surface area contributed by atoms with Crippen LogP contribution >= 0.6 is 22.6 Å². The summed E-state index contributed by atoms with van der Waals surface area (Å²) >= 11 is 1.98. The van der Waals surface area contributed by atoms with E-state index in [1.807, 2.05) is 22.6 Å². The summed E-state index contributed by atoms with van der Waals surface area (Å²) in [6.45, 7) is 0.676. The van der Waals surface area contributed by atoms with Crippen molar-refractivity contribution in [2.24, 2.45) is 17.2 Å². The number of amides is 1. The van der Waals surface area contributed by atoms with Gasteiger partial charge in [-0.2, -0.15) is 0 Å². The number of carbonyl (C=O) groups excluding carboxylic acids is 1. The lowest BCUT2D eigenvalue weighted by Crippen LogP contribution is -2.39. The van der Waals surface area contributed by atoms with Crippen molar-refractivity contribution in [1.29, 1.82) is 0 Å². The third-order valence-corrected chi connectivity index (χ3v) is 3.18. The first-order valence-electron chi connectivity index (χ1n) is 3.98. The highest BCUT2D eigenvalue weighted by molar-refractivity contribution is 14.1. The second-order valence-electron chi connectivity index (χ2n) is 2.75. The van der Waals surface area contributed by atoms with Crippen molar-refractivity contribution < 1.29 is 4.79 Å². The zero-order valence-electron chi connectivity index (χ0n) is 7.00. The largest absolute Gasteiger partial charge is 0.369 e. The number of alkyl halides is 1. The average Bonchev–Trinajstić information content (AvgIpc) is 2.03. The van der Waals surface area contributed by atoms with Gasteiger partial charge in [0.05, 0.1) is 0 Å². The van der Waals surface area contributed by atoms with Gasteiger partial charge in [-0.25, -0.2) is 0 Å². The molecule has 6 N–H and O–H groups in total. The minimum Gasteiger partial charge on any atom is -0.369 e. The van der Waals surface area contributed by atoms with Gasteiger partial charge < -0.3 is 17.2 Å². The lowest BCUT2D eigenvalue weighted by Gasteiger charge is -2.14. The van der Waals surface area contributed by atoms with Crippen LogP contribution in [0.5, 0.6) is 0 Å². The van der Waals surface area contributed by atoms with Crippen molar-refractivity contribution in [3.63, 3.8) is 0 Å². The Morgan fingerprint density at radius 3 is 2.42 bits per heavy atom. The molecule has 0 spiro atoms. The first-order valence-corrected chi connectivity index (χ1v) is 5.23. The Morgan fingerprint density at radius 2 is 2.00 bits per heavy atom. The van der Waals surface area contributed by atoms with E-state index in [0.29, 0.717) is 6.54 Å². The number of carbonyl (C=O) groups is 1. The molecule has 2 unspecified atom stereocenters. The highest BCUT2D eigenvalue weighted by atomic mass is 127. The molecule has 2 atom stereocenters. The van der Waals surface area contributed by atoms with E-state index in [0.717, 1.165) is 19.3 Å². The van der Waals surface area contributed by atoms with Crippen molar-refractivity contribution >= 4 is 28.5 Å². The third-order valence-electron chi connectivity index (χ3n) is 1.64. The second kappa shape index (κ2) is 6.62. The number of hydrogen-bond donors (Lipinski definition) is 3. The number of unbranched alkanes of at least 4 members (excludes halogenated alkanes) is 1. The van der Waals surface area contributed by atoms with Crippen LogP contribution in [-0.2, 0) is 4.79 Å². The normalized spacial score (nSPS) is 15.6. The van der Waals surface area contributed by atoms with Crippen molar-refractivity contribution in [2.75, 3.05) is 6.54 Å². The monoisotopic (exact) mass is 285 g/mol. The fourth-order valence-corrected chi connectivity index (χ4v) is 1.24. The Kier molecular flexibility index (Phi) is 6.68. The summed E-state index contributed by atoms with van der Waals surface area (Å²) < 4.78 is -0.264. The predicted molar refractivity (Wildman–Crippen MR) is 57.9 cm³/mol. The molecule has 0 aliphatic carbocycles. The zero-order valence-corrected chi connectivity index (χ0v) is 9.16. The molecule has 4 nitrogen and oxygen atoms in total. The predicted octanol–water partition coefficient (Wildman–Crippen LogP) is -0.268. The van der Waals surface area contributed by atoms with Gasteiger partial charge in [-0.15, -0.1) is 0 Å². The van der Waals surface area contributed by atoms with Gasteiger partial charge in [-0.1, -0.05) is 29.0 Å². The van der Waals surface area contributed by atoms with Gasteiger partial charge in [0.25, 0.3) is 0 Å². The molecule has 0 saturated carbocycles. The Hall–Kier alpha value is 0.120. The van der Waals surface area contributed by atoms with E-state index in [1.165, 1.54) is 0 Å². The van der Waals surface area contributed by atoms with E-state index in [4.69, 9.17) is 17.2 Å². The minimum absolute atomic E-state index is 0.130. The van der Waals surface area contributed by atoms with Crippen LogP contribution in [0.25, 0.3) is 0 Å². The van der Waals surface area contributed by atoms with Gasteiger partial charge in [-0.05, 0) is 19.4 Å². The van der Waals surface area contributed by atoms with Crippen LogP contribution in [0.1, 0.15) is 19.3 Å². The van der Waals surface area contributed by atoms with Crippen molar-refractivity contribution in [3.8, 4) is 0 Å². The molecule has 12 heavy (non-hydrogen) atoms. The van der Waals surface area contributed by atoms with Crippen molar-refractivity contribution in [1.82, 2.24) is 0 Å². The van der Waals surface area contributed by atoms with Gasteiger partial charge >= 0.3 is 0 Å². The van der Waals surface area contributed by atoms with Crippen LogP contribution in [0.3, 0.4) is 0 Å². The highest BCUT2D eigenvalue weighted by Gasteiger charge is 2.18. The minimum atomic E-state index is -0.337. The molecule has 0 rings (SSSR count). The first-order chi connectivity index (χ1) is 5.59. The standard InChI is InChI=1S/C7H16IN3O/c8-6(7(11)12)5(10)3-1-2-4-9/h5-6H,1-4,9-10H2,(H2,11,12). The fourth-order valence-electron chi connectivity index (χ4n) is 0.882. The number of primary amides is 1. The zero-order chi connectivity index (χ0) is 9.56. The highest BCUT2D eigenvalue weighted by Crippen LogP contribution is 2.09. The second-order valence-corrected chi connectivity index (χ2v) is 4.09. The molecule has 0 aromatic heterocycles. The van der Waals surface area contributed by atoms with Crippen molar-refractivity contribution in [2.45, 2.75) is 29.2 Å². The third kappa shape index (κ3) is 4.89. The number of rotatable bonds is 6. The van der Waals surface area contributed by atoms with Gasteiger partial charge in [0.15, 0.2) is 0 Å². The van der Waals surface area contributed by atoms with Crippen LogP contribution in [-0.4, -0.2) is 22.4 Å². The van der Waals surface area contributed by atoms with Gasteiger partial charge in [0.1, 0.15) is 3.92 Å². The van der Waals surface area contributed by atoms with E-state index < -0.39 is 0 Å². The molecule has 0 bridgehead atoms. The number of halogens is 1. The SMILES string of the molecule is NCCCCC(N)C(I)C(N)=O. The first kappa shape index (κ1) is 12.1. The molecule has 0 aromatic carbocycles. The molecule has 0 aliphatic rings. The van der Waals surface area contributed by atoms with E-state index in [-0.39, 0.29) is 15.9 Å². The Bertz CT molecular complexity index is 143. The maximum absolute atomic E-state index is 10.7. The summed E-state index contributed by atoms with van der Waals surface area (Å²) in [5.41, 5.74) is 16.1. The van der Waals surface area contributed by atoms with Gasteiger partial charge in [-0.3, -0.25) is 4.79 Å². The molecule has 0 radical (unpaired) electrons. The molecule has 5 heteroatoms. The lowest BCUT2D eigenvalue weighted by atomic mass is 10.1. The molecule has 72 valence electrons. The Labute approximate surface area is 86.4 Å². The van der Waals surface area contributed by atoms with E-state index in [9.17, 15) is 4.79 Å². The van der Waals surface area contributed by atoms with Crippen LogP contribution in [0.2, 0.25) is 0 Å². The van der Waals surface area contributed by atoms with Crippen LogP contribution < -0.4 is 17.2 Å². The fraction of sp³-hybridized carbons (Fsp3) is 0.857. The smallest absolute Gasteiger partial charge is 0.231 e. The quantitative estimate of drug-likeness (QED) is 0.356. The van der Waals surface area contributed by atoms with Crippen LogP contribution in [0, 0.1) is 0 Å². The summed E-state index contributed by atoms with van der Waals surface area (Å²) in [5, 5.41) is 0. The van der Waals surface area contributed by atoms with Gasteiger partial charge in [0, 0.05) is 6.04 Å². The summed E-state index contributed by atoms with van der Waals surface area (Å²) in [5.74, 6) is -0.337. The lowest BCUT2D eigenvalue weighted by molar-refractivity contribution is -0.117. The summed E-state index contributed by atoms with van der Waals surface area (Å²) in [4.78, 5) is 10.7. The topological polar surface area (TPSA) is 95.1 Å². The summed E-state index contributed by atoms with van der Waals surface area (Å²) in [6.07, 6.45) is 2.73. The molecular weight excluding hydrogens is 269 g/mol. The Balaban J connectivity index is 3.56. The Morgan fingerprint density at radius 1 is 1.42 bits per heavy atom. The maximum Gasteiger partial charge on any atom is 0.231 e. The molecule has 0 saturated heterocycles. The van der Waals surface area contributed by atoms with E-state index >= 15 is 0 Å². The molecule has 0 aromatic rings. The van der Waals surface area contributed by atoms with E-state index in [2.05, 4.69) is 0 Å². The summed E-state index contributed by atoms with van der Waals surface area (Å²) in [7, 11) is 0. The average molecular weight is 285 g/mol.